The van der Waals surface area contributed by atoms with Crippen LogP contribution in [0.2, 0.25) is 5.02 Å². The number of aromatic nitrogens is 4. The van der Waals surface area contributed by atoms with E-state index in [4.69, 9.17) is 11.6 Å². The molecule has 0 aliphatic rings. The molecule has 0 spiro atoms. The number of hydrogen-bond donors (Lipinski definition) is 1. The summed E-state index contributed by atoms with van der Waals surface area (Å²) in [6.45, 7) is 0.697. The van der Waals surface area contributed by atoms with E-state index in [-0.39, 0.29) is 17.2 Å². The van der Waals surface area contributed by atoms with Crippen molar-refractivity contribution >= 4 is 40.3 Å². The molecule has 1 amide bonds. The first-order valence-corrected chi connectivity index (χ1v) is 11.0. The lowest BCUT2D eigenvalue weighted by Gasteiger charge is -2.12. The minimum Gasteiger partial charge on any atom is -0.351 e. The van der Waals surface area contributed by atoms with Crippen molar-refractivity contribution < 1.29 is 4.79 Å². The number of fused-ring (bicyclic) bond motifs is 1. The van der Waals surface area contributed by atoms with Crippen molar-refractivity contribution in [3.63, 3.8) is 0 Å². The van der Waals surface area contributed by atoms with Gasteiger partial charge in [0, 0.05) is 18.6 Å². The van der Waals surface area contributed by atoms with Gasteiger partial charge >= 0.3 is 0 Å². The van der Waals surface area contributed by atoms with E-state index in [1.807, 2.05) is 48.5 Å². The predicted molar refractivity (Wildman–Crippen MR) is 122 cm³/mol. The average Bonchev–Trinajstić information content (AvgIpc) is 3.15. The molecule has 31 heavy (non-hydrogen) atoms. The summed E-state index contributed by atoms with van der Waals surface area (Å²) in [5.74, 6) is -0.0472. The molecule has 4 rings (SSSR count). The van der Waals surface area contributed by atoms with Gasteiger partial charge in [-0.25, -0.2) is 4.98 Å². The second kappa shape index (κ2) is 9.36. The molecule has 0 saturated heterocycles. The Morgan fingerprint density at radius 2 is 1.87 bits per heavy atom. The third-order valence-corrected chi connectivity index (χ3v) is 6.11. The maximum Gasteiger partial charge on any atom is 0.280 e. The number of hydrogen-bond acceptors (Lipinski definition) is 5. The molecule has 0 atom stereocenters. The molecular formula is C22H20ClN5O2S. The van der Waals surface area contributed by atoms with E-state index in [0.29, 0.717) is 34.3 Å². The second-order valence-corrected chi connectivity index (χ2v) is 8.28. The summed E-state index contributed by atoms with van der Waals surface area (Å²) in [6, 6.07) is 17.0. The van der Waals surface area contributed by atoms with Gasteiger partial charge in [-0.05, 0) is 17.2 Å². The van der Waals surface area contributed by atoms with Crippen molar-refractivity contribution in [3.05, 3.63) is 87.3 Å². The zero-order valence-electron chi connectivity index (χ0n) is 16.8. The average molecular weight is 454 g/mol. The van der Waals surface area contributed by atoms with Gasteiger partial charge < -0.3 is 5.32 Å². The highest BCUT2D eigenvalue weighted by molar-refractivity contribution is 7.99. The summed E-state index contributed by atoms with van der Waals surface area (Å²) in [6.07, 6.45) is 1.56. The molecular weight excluding hydrogens is 434 g/mol. The van der Waals surface area contributed by atoms with Crippen molar-refractivity contribution in [2.24, 2.45) is 7.05 Å². The van der Waals surface area contributed by atoms with Crippen LogP contribution in [-0.2, 0) is 24.9 Å². The molecule has 1 N–H and O–H groups in total. The summed E-state index contributed by atoms with van der Waals surface area (Å²) >= 11 is 7.36. The number of benzene rings is 2. The molecule has 0 radical (unpaired) electrons. The topological polar surface area (TPSA) is 81.8 Å². The SMILES string of the molecule is Cn1ncc2nc(SCC(=O)NCc3ccccc3Cl)n(Cc3ccccc3)c(=O)c21. The number of nitrogens with zero attached hydrogens (tertiary/aromatic N) is 4. The molecule has 0 aliphatic heterocycles. The number of halogens is 1. The van der Waals surface area contributed by atoms with Crippen LogP contribution in [0.4, 0.5) is 0 Å². The molecule has 0 saturated carbocycles. The lowest BCUT2D eigenvalue weighted by molar-refractivity contribution is -0.118. The van der Waals surface area contributed by atoms with Gasteiger partial charge in [-0.15, -0.1) is 0 Å². The molecule has 158 valence electrons. The monoisotopic (exact) mass is 453 g/mol. The number of carbonyl (C=O) groups excluding carboxylic acids is 1. The van der Waals surface area contributed by atoms with Crippen molar-refractivity contribution in [3.8, 4) is 0 Å². The summed E-state index contributed by atoms with van der Waals surface area (Å²) in [5.41, 5.74) is 2.57. The Morgan fingerprint density at radius 3 is 2.65 bits per heavy atom. The van der Waals surface area contributed by atoms with E-state index in [9.17, 15) is 9.59 Å². The predicted octanol–water partition coefficient (Wildman–Crippen LogP) is 3.24. The van der Waals surface area contributed by atoms with E-state index >= 15 is 0 Å². The molecule has 9 heteroatoms. The first-order valence-electron chi connectivity index (χ1n) is 9.62. The van der Waals surface area contributed by atoms with Gasteiger partial charge in [0.1, 0.15) is 5.52 Å². The molecule has 2 aromatic carbocycles. The van der Waals surface area contributed by atoms with Crippen LogP contribution in [0.15, 0.2) is 70.7 Å². The third-order valence-electron chi connectivity index (χ3n) is 4.76. The standard InChI is InChI=1S/C22H20ClN5O2S/c1-27-20-18(12-25-27)26-22(28(21(20)30)13-15-7-3-2-4-8-15)31-14-19(29)24-11-16-9-5-6-10-17(16)23/h2-10,12H,11,13-14H2,1H3,(H,24,29). The minimum absolute atomic E-state index is 0.122. The molecule has 0 bridgehead atoms. The second-order valence-electron chi connectivity index (χ2n) is 6.93. The van der Waals surface area contributed by atoms with Crippen molar-refractivity contribution in [1.82, 2.24) is 24.6 Å². The first kappa shape index (κ1) is 21.1. The van der Waals surface area contributed by atoms with Crippen LogP contribution >= 0.6 is 23.4 Å². The van der Waals surface area contributed by atoms with Crippen molar-refractivity contribution in [2.75, 3.05) is 5.75 Å². The van der Waals surface area contributed by atoms with Crippen LogP contribution in [0, 0.1) is 0 Å². The maximum absolute atomic E-state index is 13.2. The Balaban J connectivity index is 1.54. The molecule has 4 aromatic rings. The van der Waals surface area contributed by atoms with Gasteiger partial charge in [-0.3, -0.25) is 18.8 Å². The Labute approximate surface area is 188 Å². The van der Waals surface area contributed by atoms with E-state index in [1.165, 1.54) is 16.4 Å². The number of rotatable bonds is 7. The lowest BCUT2D eigenvalue weighted by Crippen LogP contribution is -2.27. The van der Waals surface area contributed by atoms with E-state index < -0.39 is 0 Å². The highest BCUT2D eigenvalue weighted by atomic mass is 35.5. The van der Waals surface area contributed by atoms with Crippen molar-refractivity contribution in [2.45, 2.75) is 18.2 Å². The van der Waals surface area contributed by atoms with E-state index in [0.717, 1.165) is 11.1 Å². The third kappa shape index (κ3) is 4.81. The zero-order valence-corrected chi connectivity index (χ0v) is 18.4. The van der Waals surface area contributed by atoms with Gasteiger partial charge in [0.25, 0.3) is 5.56 Å². The van der Waals surface area contributed by atoms with Gasteiger partial charge in [0.05, 0.1) is 18.5 Å². The fourth-order valence-electron chi connectivity index (χ4n) is 3.17. The Kier molecular flexibility index (Phi) is 6.39. The largest absolute Gasteiger partial charge is 0.351 e. The highest BCUT2D eigenvalue weighted by Gasteiger charge is 2.16. The number of nitrogens with one attached hydrogen (secondary N) is 1. The van der Waals surface area contributed by atoms with Crippen LogP contribution in [-0.4, -0.2) is 31.0 Å². The number of aryl methyl sites for hydroxylation is 1. The van der Waals surface area contributed by atoms with Gasteiger partial charge in [0.2, 0.25) is 5.91 Å². The van der Waals surface area contributed by atoms with Gasteiger partial charge in [-0.2, -0.15) is 5.10 Å². The normalized spacial score (nSPS) is 11.0. The summed E-state index contributed by atoms with van der Waals surface area (Å²) < 4.78 is 3.11. The van der Waals surface area contributed by atoms with Crippen LogP contribution < -0.4 is 10.9 Å². The Hall–Kier alpha value is -3.10. The first-order chi connectivity index (χ1) is 15.0. The summed E-state index contributed by atoms with van der Waals surface area (Å²) in [4.78, 5) is 30.2. The molecule has 2 aromatic heterocycles. The zero-order chi connectivity index (χ0) is 21.8. The Bertz CT molecular complexity index is 1290. The van der Waals surface area contributed by atoms with E-state index in [2.05, 4.69) is 15.4 Å². The molecule has 0 unspecified atom stereocenters. The molecule has 2 heterocycles. The number of carbonyl (C=O) groups is 1. The molecule has 7 nitrogen and oxygen atoms in total. The Morgan fingerprint density at radius 1 is 1.13 bits per heavy atom. The fourth-order valence-corrected chi connectivity index (χ4v) is 4.20. The number of thioether (sulfide) groups is 1. The fraction of sp³-hybridized carbons (Fsp3) is 0.182. The summed E-state index contributed by atoms with van der Waals surface area (Å²) in [5, 5.41) is 8.09. The van der Waals surface area contributed by atoms with Crippen LogP contribution in [0.1, 0.15) is 11.1 Å². The summed E-state index contributed by atoms with van der Waals surface area (Å²) in [7, 11) is 1.72. The molecule has 0 fully saturated rings. The minimum atomic E-state index is -0.187. The van der Waals surface area contributed by atoms with Crippen LogP contribution in [0.25, 0.3) is 11.0 Å². The van der Waals surface area contributed by atoms with Gasteiger partial charge in [0.15, 0.2) is 10.7 Å². The van der Waals surface area contributed by atoms with E-state index in [1.54, 1.807) is 23.9 Å². The van der Waals surface area contributed by atoms with Crippen LogP contribution in [0.3, 0.4) is 0 Å². The molecule has 0 aliphatic carbocycles. The number of amides is 1. The van der Waals surface area contributed by atoms with Crippen molar-refractivity contribution in [1.29, 1.82) is 0 Å². The lowest BCUT2D eigenvalue weighted by atomic mass is 10.2. The van der Waals surface area contributed by atoms with Crippen LogP contribution in [0.5, 0.6) is 0 Å². The van der Waals surface area contributed by atoms with Gasteiger partial charge in [-0.1, -0.05) is 71.9 Å². The quantitative estimate of drug-likeness (QED) is 0.343. The maximum atomic E-state index is 13.2. The smallest absolute Gasteiger partial charge is 0.280 e. The highest BCUT2D eigenvalue weighted by Crippen LogP contribution is 2.19.